The van der Waals surface area contributed by atoms with Gasteiger partial charge in [0.2, 0.25) is 0 Å². The molecule has 0 radical (unpaired) electrons. The molecule has 0 saturated heterocycles. The molecule has 0 aliphatic carbocycles. The topological polar surface area (TPSA) is 48.1 Å². The Hall–Kier alpha value is -2.45. The van der Waals surface area contributed by atoms with Crippen molar-refractivity contribution in [3.63, 3.8) is 0 Å². The lowest BCUT2D eigenvalue weighted by molar-refractivity contribution is -0.153. The monoisotopic (exact) mass is 336 g/mol. The number of hydrogen-bond acceptors (Lipinski definition) is 3. The number of hydrogen-bond donors (Lipinski definition) is 1. The lowest BCUT2D eigenvalue weighted by Crippen LogP contribution is -2.19. The molecule has 0 aliphatic heterocycles. The van der Waals surface area contributed by atoms with Gasteiger partial charge in [0.25, 0.3) is 0 Å². The van der Waals surface area contributed by atoms with Crippen LogP contribution in [0, 0.1) is 0 Å². The summed E-state index contributed by atoms with van der Waals surface area (Å²) in [5.74, 6) is -0.141. The van der Waals surface area contributed by atoms with Gasteiger partial charge in [0.1, 0.15) is 11.4 Å². The van der Waals surface area contributed by atoms with Crippen LogP contribution in [0.15, 0.2) is 36.5 Å². The van der Waals surface area contributed by atoms with Crippen molar-refractivity contribution in [2.45, 2.75) is 12.4 Å². The van der Waals surface area contributed by atoms with Crippen LogP contribution in [0.5, 0.6) is 5.75 Å². The van der Waals surface area contributed by atoms with Gasteiger partial charge in [-0.2, -0.15) is 26.3 Å². The molecule has 0 bridgehead atoms. The molecule has 124 valence electrons. The summed E-state index contributed by atoms with van der Waals surface area (Å²) in [5, 5.41) is 0. The van der Waals surface area contributed by atoms with Gasteiger partial charge in [-0.25, -0.2) is 0 Å². The first-order chi connectivity index (χ1) is 10.5. The molecule has 2 N–H and O–H groups in total. The third-order valence-corrected chi connectivity index (χ3v) is 2.72. The van der Waals surface area contributed by atoms with E-state index in [9.17, 15) is 26.3 Å². The van der Waals surface area contributed by atoms with Crippen LogP contribution in [-0.2, 0) is 6.18 Å². The second-order valence-electron chi connectivity index (χ2n) is 4.62. The maximum atomic E-state index is 12.5. The highest BCUT2D eigenvalue weighted by molar-refractivity contribution is 5.69. The zero-order chi connectivity index (χ0) is 17.3. The van der Waals surface area contributed by atoms with E-state index in [2.05, 4.69) is 9.72 Å². The molecule has 0 spiro atoms. The molecule has 1 aromatic heterocycles. The number of alkyl halides is 6. The molecular weight excluding hydrogens is 326 g/mol. The molecule has 2 aromatic rings. The summed E-state index contributed by atoms with van der Waals surface area (Å²) in [5.41, 5.74) is 5.17. The van der Waals surface area contributed by atoms with E-state index in [1.165, 1.54) is 18.2 Å². The highest BCUT2D eigenvalue weighted by atomic mass is 19.4. The minimum atomic E-state index is -4.57. The zero-order valence-corrected chi connectivity index (χ0v) is 11.4. The Morgan fingerprint density at radius 1 is 0.957 bits per heavy atom. The molecular formula is C14H10F6N2O. The fraction of sp³-hybridized carbons (Fsp3) is 0.214. The lowest BCUT2D eigenvalue weighted by Gasteiger charge is -2.12. The van der Waals surface area contributed by atoms with E-state index in [0.29, 0.717) is 5.56 Å². The number of nitrogens with zero attached hydrogens (tertiary/aromatic N) is 1. The first-order valence-electron chi connectivity index (χ1n) is 6.18. The van der Waals surface area contributed by atoms with Crippen molar-refractivity contribution in [2.24, 2.45) is 0 Å². The second-order valence-corrected chi connectivity index (χ2v) is 4.62. The number of nitrogens with two attached hydrogens (primary N) is 1. The second kappa shape index (κ2) is 5.98. The Labute approximate surface area is 126 Å². The Morgan fingerprint density at radius 3 is 2.17 bits per heavy atom. The van der Waals surface area contributed by atoms with Crippen molar-refractivity contribution in [3.8, 4) is 16.9 Å². The van der Waals surface area contributed by atoms with Gasteiger partial charge in [-0.1, -0.05) is 6.07 Å². The number of ether oxygens (including phenoxy) is 1. The van der Waals surface area contributed by atoms with E-state index < -0.39 is 24.7 Å². The molecule has 0 unspecified atom stereocenters. The van der Waals surface area contributed by atoms with Gasteiger partial charge < -0.3 is 10.5 Å². The zero-order valence-electron chi connectivity index (χ0n) is 11.4. The molecule has 2 rings (SSSR count). The normalized spacial score (nSPS) is 12.3. The maximum Gasteiger partial charge on any atom is 0.433 e. The highest BCUT2D eigenvalue weighted by Crippen LogP contribution is 2.31. The van der Waals surface area contributed by atoms with Crippen LogP contribution < -0.4 is 10.5 Å². The average Bonchev–Trinajstić information content (AvgIpc) is 2.43. The van der Waals surface area contributed by atoms with Crippen molar-refractivity contribution in [1.82, 2.24) is 4.98 Å². The number of anilines is 1. The van der Waals surface area contributed by atoms with E-state index in [0.717, 1.165) is 18.3 Å². The Bertz CT molecular complexity index is 679. The summed E-state index contributed by atoms with van der Waals surface area (Å²) in [6, 6.07) is 5.75. The van der Waals surface area contributed by atoms with Crippen molar-refractivity contribution in [1.29, 1.82) is 0 Å². The molecule has 1 heterocycles. The smallest absolute Gasteiger partial charge is 0.433 e. The van der Waals surface area contributed by atoms with Crippen LogP contribution in [0.1, 0.15) is 5.69 Å². The Morgan fingerprint density at radius 2 is 1.65 bits per heavy atom. The quantitative estimate of drug-likeness (QED) is 0.672. The average molecular weight is 336 g/mol. The lowest BCUT2D eigenvalue weighted by atomic mass is 10.1. The van der Waals surface area contributed by atoms with Gasteiger partial charge in [0.15, 0.2) is 6.61 Å². The minimum Gasteiger partial charge on any atom is -0.484 e. The van der Waals surface area contributed by atoms with Crippen LogP contribution in [0.3, 0.4) is 0 Å². The standard InChI is InChI=1S/C14H10F6N2O/c15-13(16,17)7-23-11-4-9(3-10(21)5-11)8-1-2-12(22-6-8)14(18,19)20/h1-6H,7,21H2. The van der Waals surface area contributed by atoms with Gasteiger partial charge in [-0.15, -0.1) is 0 Å². The number of halogens is 6. The fourth-order valence-corrected chi connectivity index (χ4v) is 1.77. The molecule has 0 amide bonds. The predicted octanol–water partition coefficient (Wildman–Crippen LogP) is 4.29. The third kappa shape index (κ3) is 4.76. The molecule has 3 nitrogen and oxygen atoms in total. The van der Waals surface area contributed by atoms with Crippen molar-refractivity contribution in [3.05, 3.63) is 42.2 Å². The van der Waals surface area contributed by atoms with E-state index in [4.69, 9.17) is 5.73 Å². The van der Waals surface area contributed by atoms with Gasteiger partial charge in [0, 0.05) is 23.5 Å². The van der Waals surface area contributed by atoms with E-state index in [1.807, 2.05) is 0 Å². The summed E-state index contributed by atoms with van der Waals surface area (Å²) < 4.78 is 78.4. The summed E-state index contributed by atoms with van der Waals surface area (Å²) in [4.78, 5) is 3.28. The van der Waals surface area contributed by atoms with E-state index in [1.54, 1.807) is 0 Å². The largest absolute Gasteiger partial charge is 0.484 e. The molecule has 0 fully saturated rings. The summed E-state index contributed by atoms with van der Waals surface area (Å²) in [6.07, 6.45) is -8.12. The first kappa shape index (κ1) is 16.9. The van der Waals surface area contributed by atoms with Crippen molar-refractivity contribution < 1.29 is 31.1 Å². The summed E-state index contributed by atoms with van der Waals surface area (Å²) in [6.45, 7) is -1.50. The molecule has 0 saturated carbocycles. The number of pyridine rings is 1. The fourth-order valence-electron chi connectivity index (χ4n) is 1.77. The molecule has 1 aromatic carbocycles. The van der Waals surface area contributed by atoms with Crippen molar-refractivity contribution in [2.75, 3.05) is 12.3 Å². The van der Waals surface area contributed by atoms with Crippen LogP contribution in [-0.4, -0.2) is 17.8 Å². The molecule has 0 aliphatic rings. The minimum absolute atomic E-state index is 0.111. The van der Waals surface area contributed by atoms with E-state index in [-0.39, 0.29) is 17.0 Å². The number of aromatic nitrogens is 1. The predicted molar refractivity (Wildman–Crippen MR) is 70.6 cm³/mol. The Balaban J connectivity index is 2.27. The van der Waals surface area contributed by atoms with Gasteiger partial charge in [0.05, 0.1) is 0 Å². The SMILES string of the molecule is Nc1cc(OCC(F)(F)F)cc(-c2ccc(C(F)(F)F)nc2)c1. The van der Waals surface area contributed by atoms with Gasteiger partial charge in [-0.3, -0.25) is 4.98 Å². The van der Waals surface area contributed by atoms with Crippen LogP contribution in [0.4, 0.5) is 32.0 Å². The van der Waals surface area contributed by atoms with Crippen LogP contribution in [0.2, 0.25) is 0 Å². The molecule has 0 atom stereocenters. The summed E-state index contributed by atoms with van der Waals surface area (Å²) in [7, 11) is 0. The number of nitrogen functional groups attached to an aromatic ring is 1. The van der Waals surface area contributed by atoms with Gasteiger partial charge in [-0.05, 0) is 23.8 Å². The number of benzene rings is 1. The summed E-state index contributed by atoms with van der Waals surface area (Å²) >= 11 is 0. The van der Waals surface area contributed by atoms with E-state index >= 15 is 0 Å². The number of rotatable bonds is 3. The third-order valence-electron chi connectivity index (χ3n) is 2.72. The first-order valence-corrected chi connectivity index (χ1v) is 6.18. The van der Waals surface area contributed by atoms with Crippen LogP contribution >= 0.6 is 0 Å². The molecule has 9 heteroatoms. The van der Waals surface area contributed by atoms with Crippen LogP contribution in [0.25, 0.3) is 11.1 Å². The maximum absolute atomic E-state index is 12.5. The van der Waals surface area contributed by atoms with Crippen molar-refractivity contribution >= 4 is 5.69 Å². The van der Waals surface area contributed by atoms with Gasteiger partial charge >= 0.3 is 12.4 Å². The Kier molecular flexibility index (Phi) is 4.39. The highest BCUT2D eigenvalue weighted by Gasteiger charge is 2.32. The molecule has 23 heavy (non-hydrogen) atoms.